The van der Waals surface area contributed by atoms with Gasteiger partial charge in [0.2, 0.25) is 5.28 Å². The fraction of sp³-hybridized carbons (Fsp3) is 0.343. The van der Waals surface area contributed by atoms with Crippen molar-refractivity contribution in [2.45, 2.75) is 50.5 Å². The van der Waals surface area contributed by atoms with Gasteiger partial charge in [-0.3, -0.25) is 4.52 Å². The van der Waals surface area contributed by atoms with Gasteiger partial charge >= 0.3 is 15.2 Å². The third-order valence-corrected chi connectivity index (χ3v) is 14.3. The van der Waals surface area contributed by atoms with Gasteiger partial charge < -0.3 is 32.9 Å². The van der Waals surface area contributed by atoms with Gasteiger partial charge in [-0.2, -0.15) is 9.97 Å². The molecule has 3 atom stereocenters. The Morgan fingerprint density at radius 3 is 1.91 bits per heavy atom. The number of aromatic nitrogens is 4. The third-order valence-electron chi connectivity index (χ3n) is 8.64. The van der Waals surface area contributed by atoms with Gasteiger partial charge in [0, 0.05) is 35.3 Å². The average Bonchev–Trinajstić information content (AvgIpc) is 3.79. The number of imidazole rings is 1. The minimum Gasteiger partial charge on any atom is -0.424 e. The van der Waals surface area contributed by atoms with Crippen molar-refractivity contribution in [1.82, 2.24) is 19.5 Å². The summed E-state index contributed by atoms with van der Waals surface area (Å²) in [5.41, 5.74) is 0.942. The summed E-state index contributed by atoms with van der Waals surface area (Å²) < 4.78 is 60.2. The summed E-state index contributed by atoms with van der Waals surface area (Å²) >= 11 is 24.9. The molecule has 1 unspecified atom stereocenters. The highest BCUT2D eigenvalue weighted by atomic mass is 35.5. The number of hydrogen-bond donors (Lipinski definition) is 1. The summed E-state index contributed by atoms with van der Waals surface area (Å²) in [5.74, 6) is -0.0999. The largest absolute Gasteiger partial charge is 0.444 e. The smallest absolute Gasteiger partial charge is 0.424 e. The van der Waals surface area contributed by atoms with E-state index in [2.05, 4.69) is 19.9 Å². The van der Waals surface area contributed by atoms with Crippen LogP contribution in [0.3, 0.4) is 0 Å². The van der Waals surface area contributed by atoms with E-state index in [0.717, 1.165) is 25.7 Å². The molecule has 0 spiro atoms. The lowest BCUT2D eigenvalue weighted by Gasteiger charge is -2.27. The van der Waals surface area contributed by atoms with Gasteiger partial charge in [0.05, 0.1) is 19.5 Å². The van der Waals surface area contributed by atoms with Crippen LogP contribution in [0.15, 0.2) is 79.1 Å². The fourth-order valence-corrected chi connectivity index (χ4v) is 11.2. The molecule has 0 amide bonds. The highest BCUT2D eigenvalue weighted by Gasteiger charge is 2.44. The summed E-state index contributed by atoms with van der Waals surface area (Å²) in [5, 5.41) is 12.4. The number of aliphatic hydroxyl groups is 1. The zero-order valence-electron chi connectivity index (χ0n) is 29.1. The molecule has 288 valence electrons. The number of nitrogens with zero attached hydrogens (tertiary/aromatic N) is 5. The van der Waals surface area contributed by atoms with Gasteiger partial charge in [-0.15, -0.1) is 0 Å². The Labute approximate surface area is 332 Å². The predicted octanol–water partition coefficient (Wildman–Crippen LogP) is 9.79. The first kappa shape index (κ1) is 40.6. The number of hydrogen-bond acceptors (Lipinski definition) is 12. The van der Waals surface area contributed by atoms with Crippen LogP contribution in [0.25, 0.3) is 11.2 Å². The minimum absolute atomic E-state index is 0.0359. The molecule has 2 aromatic heterocycles. The first-order chi connectivity index (χ1) is 25.8. The molecular formula is C35H37Cl4N5O8P2. The lowest BCUT2D eigenvalue weighted by molar-refractivity contribution is -0.0425. The SMILES string of the molecule is CO[C@H](COP(=O)(CP(=O)(Oc1cccc(Cl)c1)Oc1cccc(Cl)c1)Oc1cccc(Cl)c1)[C@@H](O)Cn1cnc2c(N(C)C3CCCC3)nc(Cl)nc21. The van der Waals surface area contributed by atoms with Crippen molar-refractivity contribution < 1.29 is 37.1 Å². The molecule has 5 aromatic rings. The summed E-state index contributed by atoms with van der Waals surface area (Å²) in [6.45, 7) is -0.548. The maximum absolute atomic E-state index is 14.7. The van der Waals surface area contributed by atoms with Gasteiger partial charge in [-0.25, -0.2) is 14.1 Å². The van der Waals surface area contributed by atoms with Crippen LogP contribution in [0.4, 0.5) is 5.82 Å². The molecule has 0 aliphatic heterocycles. The molecule has 54 heavy (non-hydrogen) atoms. The Kier molecular flexibility index (Phi) is 13.4. The van der Waals surface area contributed by atoms with Crippen LogP contribution in [0.2, 0.25) is 20.4 Å². The number of methoxy groups -OCH3 is 1. The lowest BCUT2D eigenvalue weighted by atomic mass is 10.2. The van der Waals surface area contributed by atoms with Crippen LogP contribution in [0.1, 0.15) is 25.7 Å². The molecule has 0 bridgehead atoms. The molecule has 1 aliphatic carbocycles. The summed E-state index contributed by atoms with van der Waals surface area (Å²) in [7, 11) is -5.68. The molecule has 2 heterocycles. The fourth-order valence-electron chi connectivity index (χ4n) is 6.03. The van der Waals surface area contributed by atoms with E-state index in [9.17, 15) is 14.2 Å². The molecule has 1 fully saturated rings. The lowest BCUT2D eigenvalue weighted by Crippen LogP contribution is -2.36. The quantitative estimate of drug-likeness (QED) is 0.0701. The first-order valence-corrected chi connectivity index (χ1v) is 21.8. The average molecular weight is 859 g/mol. The van der Waals surface area contributed by atoms with E-state index < -0.39 is 39.9 Å². The van der Waals surface area contributed by atoms with Crippen molar-refractivity contribution in [3.05, 3.63) is 99.5 Å². The molecule has 0 radical (unpaired) electrons. The number of fused-ring (bicyclic) bond motifs is 1. The van der Waals surface area contributed by atoms with Gasteiger partial charge in [0.25, 0.3) is 0 Å². The molecule has 19 heteroatoms. The molecule has 6 rings (SSSR count). The third kappa shape index (κ3) is 10.4. The zero-order chi connectivity index (χ0) is 38.5. The van der Waals surface area contributed by atoms with Gasteiger partial charge in [0.1, 0.15) is 29.5 Å². The van der Waals surface area contributed by atoms with Gasteiger partial charge in [-0.1, -0.05) is 65.8 Å². The Balaban J connectivity index is 1.26. The summed E-state index contributed by atoms with van der Waals surface area (Å²) in [4.78, 5) is 15.5. The maximum atomic E-state index is 14.7. The second-order valence-corrected chi connectivity index (χ2v) is 18.6. The van der Waals surface area contributed by atoms with Crippen LogP contribution in [0.5, 0.6) is 17.2 Å². The van der Waals surface area contributed by atoms with E-state index in [-0.39, 0.29) is 34.1 Å². The monoisotopic (exact) mass is 857 g/mol. The van der Waals surface area contributed by atoms with Crippen molar-refractivity contribution >= 4 is 78.6 Å². The maximum Gasteiger partial charge on any atom is 0.444 e. The molecular weight excluding hydrogens is 822 g/mol. The number of aliphatic hydroxyl groups excluding tert-OH is 1. The Morgan fingerprint density at radius 1 is 0.852 bits per heavy atom. The van der Waals surface area contributed by atoms with E-state index >= 15 is 0 Å². The summed E-state index contributed by atoms with van der Waals surface area (Å²) in [6, 6.07) is 18.6. The molecule has 0 saturated heterocycles. The number of ether oxygens (including phenoxy) is 1. The number of rotatable bonds is 17. The zero-order valence-corrected chi connectivity index (χ0v) is 33.9. The number of benzene rings is 3. The topological polar surface area (TPSA) is 147 Å². The van der Waals surface area contributed by atoms with E-state index in [1.54, 1.807) is 41.0 Å². The highest BCUT2D eigenvalue weighted by molar-refractivity contribution is 7.72. The molecule has 3 aromatic carbocycles. The molecule has 1 N–H and O–H groups in total. The van der Waals surface area contributed by atoms with Crippen molar-refractivity contribution in [1.29, 1.82) is 0 Å². The predicted molar refractivity (Wildman–Crippen MR) is 210 cm³/mol. The van der Waals surface area contributed by atoms with E-state index in [1.165, 1.54) is 49.8 Å². The van der Waals surface area contributed by atoms with Crippen molar-refractivity contribution in [3.63, 3.8) is 0 Å². The Bertz CT molecular complexity index is 2120. The second kappa shape index (κ2) is 17.8. The Morgan fingerprint density at radius 2 is 1.39 bits per heavy atom. The van der Waals surface area contributed by atoms with E-state index in [0.29, 0.717) is 33.1 Å². The first-order valence-electron chi connectivity index (χ1n) is 16.8. The van der Waals surface area contributed by atoms with Crippen LogP contribution < -0.4 is 18.5 Å². The standard InChI is InChI=1S/C35H37Cl4N5O8P2/c1-43(26-11-3-4-12-26)33-32-34(42-35(39)41-33)44(21-40-32)19-30(45)31(48-2)20-49-53(46,50-27-13-5-8-23(36)16-27)22-54(47,51-28-14-6-9-24(37)17-28)52-29-15-7-10-25(38)18-29/h5-10,13-18,21,26,30-31,45H,3-4,11-12,19-20,22H2,1-2H3/t30-,31+,53?/m0/s1. The van der Waals surface area contributed by atoms with Gasteiger partial charge in [-0.05, 0) is 79.0 Å². The highest BCUT2D eigenvalue weighted by Crippen LogP contribution is 2.63. The van der Waals surface area contributed by atoms with Crippen LogP contribution in [-0.4, -0.2) is 69.5 Å². The molecule has 1 aliphatic rings. The summed E-state index contributed by atoms with van der Waals surface area (Å²) in [6.07, 6.45) is 3.53. The van der Waals surface area contributed by atoms with Crippen molar-refractivity contribution in [2.75, 3.05) is 31.6 Å². The van der Waals surface area contributed by atoms with E-state index in [1.807, 2.05) is 7.05 Å². The Hall–Kier alpha value is -3.09. The number of halogens is 4. The normalized spacial score (nSPS) is 15.8. The molecule has 1 saturated carbocycles. The van der Waals surface area contributed by atoms with Crippen LogP contribution in [-0.2, 0) is 24.9 Å². The van der Waals surface area contributed by atoms with Crippen molar-refractivity contribution in [3.8, 4) is 17.2 Å². The van der Waals surface area contributed by atoms with Gasteiger partial charge in [0.15, 0.2) is 22.9 Å². The second-order valence-electron chi connectivity index (χ2n) is 12.6. The van der Waals surface area contributed by atoms with Crippen molar-refractivity contribution in [2.24, 2.45) is 0 Å². The van der Waals surface area contributed by atoms with Crippen LogP contribution >= 0.6 is 61.6 Å². The van der Waals surface area contributed by atoms with Crippen LogP contribution in [0, 0.1) is 0 Å². The minimum atomic E-state index is -4.52. The van der Waals surface area contributed by atoms with E-state index in [4.69, 9.17) is 69.2 Å². The molecule has 13 nitrogen and oxygen atoms in total. The number of anilines is 1.